The van der Waals surface area contributed by atoms with Crippen LogP contribution in [0.5, 0.6) is 5.75 Å². The second kappa shape index (κ2) is 7.46. The van der Waals surface area contributed by atoms with E-state index in [0.29, 0.717) is 22.2 Å². The number of aliphatic hydroxyl groups is 1. The minimum absolute atomic E-state index is 0.0302. The number of carbonyl (C=O) groups is 1. The molecule has 2 N–H and O–H groups in total. The van der Waals surface area contributed by atoms with Gasteiger partial charge in [0.15, 0.2) is 6.61 Å². The fourth-order valence-electron chi connectivity index (χ4n) is 1.31. The number of rotatable bonds is 6. The highest BCUT2D eigenvalue weighted by Gasteiger charge is 2.09. The summed E-state index contributed by atoms with van der Waals surface area (Å²) in [7, 11) is 0. The molecule has 6 heteroatoms. The van der Waals surface area contributed by atoms with Gasteiger partial charge in [-0.3, -0.25) is 4.79 Å². The molecule has 0 radical (unpaired) electrons. The molecule has 1 atom stereocenters. The average molecular weight is 292 g/mol. The van der Waals surface area contributed by atoms with Gasteiger partial charge >= 0.3 is 0 Å². The molecule has 0 bridgehead atoms. The van der Waals surface area contributed by atoms with Crippen LogP contribution in [0, 0.1) is 0 Å². The predicted octanol–water partition coefficient (Wildman–Crippen LogP) is 2.26. The number of amides is 1. The molecule has 0 aliphatic rings. The minimum Gasteiger partial charge on any atom is -0.482 e. The Morgan fingerprint density at radius 2 is 2.22 bits per heavy atom. The van der Waals surface area contributed by atoms with E-state index in [2.05, 4.69) is 5.32 Å². The van der Waals surface area contributed by atoms with Crippen molar-refractivity contribution in [2.24, 2.45) is 0 Å². The summed E-state index contributed by atoms with van der Waals surface area (Å²) in [5, 5.41) is 12.3. The Balaban J connectivity index is 2.45. The van der Waals surface area contributed by atoms with Crippen molar-refractivity contribution in [2.45, 2.75) is 19.4 Å². The van der Waals surface area contributed by atoms with Crippen LogP contribution in [0.1, 0.15) is 13.3 Å². The maximum absolute atomic E-state index is 11.5. The number of nitrogens with one attached hydrogen (secondary N) is 1. The molecule has 100 valence electrons. The lowest BCUT2D eigenvalue weighted by atomic mass is 10.2. The molecule has 0 spiro atoms. The van der Waals surface area contributed by atoms with Crippen molar-refractivity contribution < 1.29 is 14.6 Å². The maximum atomic E-state index is 11.5. The van der Waals surface area contributed by atoms with Gasteiger partial charge in [0.2, 0.25) is 0 Å². The van der Waals surface area contributed by atoms with Crippen LogP contribution in [-0.4, -0.2) is 30.3 Å². The Labute approximate surface area is 116 Å². The zero-order valence-electron chi connectivity index (χ0n) is 9.95. The van der Waals surface area contributed by atoms with Gasteiger partial charge in [0.25, 0.3) is 5.91 Å². The molecular formula is C12H15Cl2NO3. The van der Waals surface area contributed by atoms with Gasteiger partial charge in [-0.2, -0.15) is 0 Å². The summed E-state index contributed by atoms with van der Waals surface area (Å²) in [4.78, 5) is 11.5. The van der Waals surface area contributed by atoms with Crippen molar-refractivity contribution in [3.8, 4) is 5.75 Å². The molecule has 4 nitrogen and oxygen atoms in total. The van der Waals surface area contributed by atoms with Crippen molar-refractivity contribution in [3.63, 3.8) is 0 Å². The third-order valence-electron chi connectivity index (χ3n) is 2.22. The smallest absolute Gasteiger partial charge is 0.258 e. The van der Waals surface area contributed by atoms with E-state index in [1.54, 1.807) is 25.1 Å². The Kier molecular flexibility index (Phi) is 6.25. The van der Waals surface area contributed by atoms with Crippen LogP contribution in [-0.2, 0) is 4.79 Å². The summed E-state index contributed by atoms with van der Waals surface area (Å²) in [6.45, 7) is 1.69. The van der Waals surface area contributed by atoms with E-state index in [4.69, 9.17) is 33.0 Å². The number of aliphatic hydroxyl groups excluding tert-OH is 1. The summed E-state index contributed by atoms with van der Waals surface area (Å²) >= 11 is 11.7. The number of ether oxygens (including phenoxy) is 1. The van der Waals surface area contributed by atoms with E-state index in [1.807, 2.05) is 0 Å². The van der Waals surface area contributed by atoms with E-state index >= 15 is 0 Å². The van der Waals surface area contributed by atoms with Gasteiger partial charge in [0.1, 0.15) is 5.75 Å². The van der Waals surface area contributed by atoms with Crippen molar-refractivity contribution in [2.75, 3.05) is 13.2 Å². The Morgan fingerprint density at radius 1 is 1.50 bits per heavy atom. The second-order valence-corrected chi connectivity index (χ2v) is 4.69. The molecular weight excluding hydrogens is 277 g/mol. The Bertz CT molecular complexity index is 412. The Hall–Kier alpha value is -0.970. The molecule has 0 heterocycles. The zero-order valence-corrected chi connectivity index (χ0v) is 11.5. The first kappa shape index (κ1) is 15.1. The highest BCUT2D eigenvalue weighted by Crippen LogP contribution is 2.27. The highest BCUT2D eigenvalue weighted by molar-refractivity contribution is 6.34. The lowest BCUT2D eigenvalue weighted by Crippen LogP contribution is -2.36. The minimum atomic E-state index is -0.271. The number of halogens is 2. The first-order chi connectivity index (χ1) is 8.52. The predicted molar refractivity (Wildman–Crippen MR) is 71.3 cm³/mol. The van der Waals surface area contributed by atoms with E-state index in [-0.39, 0.29) is 25.2 Å². The third-order valence-corrected chi connectivity index (χ3v) is 2.77. The van der Waals surface area contributed by atoms with Crippen molar-refractivity contribution in [1.29, 1.82) is 0 Å². The van der Waals surface area contributed by atoms with Gasteiger partial charge in [0.05, 0.1) is 5.02 Å². The molecule has 1 unspecified atom stereocenters. The third kappa shape index (κ3) is 5.12. The number of carbonyl (C=O) groups excluding carboxylic acids is 1. The quantitative estimate of drug-likeness (QED) is 0.845. The molecule has 1 aromatic carbocycles. The molecule has 1 aromatic rings. The summed E-state index contributed by atoms with van der Waals surface area (Å²) in [5.41, 5.74) is 0. The fraction of sp³-hybridized carbons (Fsp3) is 0.417. The monoisotopic (exact) mass is 291 g/mol. The number of hydrogen-bond acceptors (Lipinski definition) is 3. The van der Waals surface area contributed by atoms with Crippen LogP contribution < -0.4 is 10.1 Å². The first-order valence-electron chi connectivity index (χ1n) is 5.51. The first-order valence-corrected chi connectivity index (χ1v) is 6.26. The number of benzene rings is 1. The lowest BCUT2D eigenvalue weighted by molar-refractivity contribution is -0.123. The molecule has 1 rings (SSSR count). The van der Waals surface area contributed by atoms with Crippen LogP contribution in [0.25, 0.3) is 0 Å². The normalized spacial score (nSPS) is 12.0. The lowest BCUT2D eigenvalue weighted by Gasteiger charge is -2.13. The van der Waals surface area contributed by atoms with E-state index < -0.39 is 0 Å². The van der Waals surface area contributed by atoms with Gasteiger partial charge < -0.3 is 15.2 Å². The van der Waals surface area contributed by atoms with Gasteiger partial charge in [-0.15, -0.1) is 0 Å². The van der Waals surface area contributed by atoms with Gasteiger partial charge in [-0.05, 0) is 25.5 Å². The summed E-state index contributed by atoms with van der Waals surface area (Å²) < 4.78 is 5.27. The molecule has 0 saturated carbocycles. The van der Waals surface area contributed by atoms with E-state index in [0.717, 1.165) is 0 Å². The molecule has 0 aliphatic heterocycles. The Morgan fingerprint density at radius 3 is 2.89 bits per heavy atom. The van der Waals surface area contributed by atoms with Crippen LogP contribution in [0.15, 0.2) is 18.2 Å². The second-order valence-electron chi connectivity index (χ2n) is 3.84. The van der Waals surface area contributed by atoms with Gasteiger partial charge in [-0.1, -0.05) is 23.2 Å². The van der Waals surface area contributed by atoms with Crippen LogP contribution in [0.3, 0.4) is 0 Å². The van der Waals surface area contributed by atoms with Crippen molar-refractivity contribution in [3.05, 3.63) is 28.2 Å². The molecule has 0 fully saturated rings. The molecule has 0 aromatic heterocycles. The largest absolute Gasteiger partial charge is 0.482 e. The zero-order chi connectivity index (χ0) is 13.5. The van der Waals surface area contributed by atoms with E-state index in [9.17, 15) is 4.79 Å². The maximum Gasteiger partial charge on any atom is 0.258 e. The SMILES string of the molecule is CC(CCO)NC(=O)COc1cc(Cl)ccc1Cl. The molecule has 18 heavy (non-hydrogen) atoms. The summed E-state index contributed by atoms with van der Waals surface area (Å²) in [5.74, 6) is 0.0983. The van der Waals surface area contributed by atoms with Gasteiger partial charge in [-0.25, -0.2) is 0 Å². The van der Waals surface area contributed by atoms with Crippen LogP contribution in [0.2, 0.25) is 10.0 Å². The standard InChI is InChI=1S/C12H15Cl2NO3/c1-8(4-5-16)15-12(17)7-18-11-6-9(13)2-3-10(11)14/h2-3,6,8,16H,4-5,7H2,1H3,(H,15,17). The van der Waals surface area contributed by atoms with Crippen molar-refractivity contribution >= 4 is 29.1 Å². The topological polar surface area (TPSA) is 58.6 Å². The summed E-state index contributed by atoms with van der Waals surface area (Å²) in [6, 6.07) is 4.70. The average Bonchev–Trinajstić information content (AvgIpc) is 2.30. The van der Waals surface area contributed by atoms with Crippen LogP contribution >= 0.6 is 23.2 Å². The van der Waals surface area contributed by atoms with Crippen molar-refractivity contribution in [1.82, 2.24) is 5.32 Å². The van der Waals surface area contributed by atoms with Gasteiger partial charge in [0, 0.05) is 23.7 Å². The molecule has 0 saturated heterocycles. The fourth-order valence-corrected chi connectivity index (χ4v) is 1.65. The number of hydrogen-bond donors (Lipinski definition) is 2. The van der Waals surface area contributed by atoms with E-state index in [1.165, 1.54) is 0 Å². The highest BCUT2D eigenvalue weighted by atomic mass is 35.5. The van der Waals surface area contributed by atoms with Crippen LogP contribution in [0.4, 0.5) is 0 Å². The molecule has 1 amide bonds. The summed E-state index contributed by atoms with van der Waals surface area (Å²) in [6.07, 6.45) is 0.504. The molecule has 0 aliphatic carbocycles.